The Morgan fingerprint density at radius 1 is 1.16 bits per heavy atom. The first-order chi connectivity index (χ1) is 8.99. The third-order valence-corrected chi connectivity index (χ3v) is 4.20. The Kier molecular flexibility index (Phi) is 4.38. The number of rotatable bonds is 3. The molecule has 0 aliphatic heterocycles. The highest BCUT2D eigenvalue weighted by Crippen LogP contribution is 2.26. The maximum absolute atomic E-state index is 13.6. The van der Waals surface area contributed by atoms with Gasteiger partial charge in [-0.15, -0.1) is 0 Å². The lowest BCUT2D eigenvalue weighted by molar-refractivity contribution is 0.592. The van der Waals surface area contributed by atoms with Crippen molar-refractivity contribution in [3.63, 3.8) is 0 Å². The highest BCUT2D eigenvalue weighted by atomic mass is 79.9. The average molecular weight is 322 g/mol. The molecule has 0 saturated heterocycles. The molecule has 2 N–H and O–H groups in total. The highest BCUT2D eigenvalue weighted by molar-refractivity contribution is 9.10. The third-order valence-electron chi connectivity index (χ3n) is 3.34. The van der Waals surface area contributed by atoms with Crippen LogP contribution in [0.3, 0.4) is 0 Å². The molecule has 0 radical (unpaired) electrons. The minimum Gasteiger partial charge on any atom is -0.324 e. The second-order valence-electron chi connectivity index (χ2n) is 4.86. The van der Waals surface area contributed by atoms with Crippen molar-refractivity contribution in [1.29, 1.82) is 0 Å². The molecule has 0 spiro atoms. The molecule has 2 aromatic rings. The van der Waals surface area contributed by atoms with E-state index in [1.54, 1.807) is 12.1 Å². The van der Waals surface area contributed by atoms with Crippen LogP contribution in [0.5, 0.6) is 0 Å². The summed E-state index contributed by atoms with van der Waals surface area (Å²) in [5.41, 5.74) is 10.2. The van der Waals surface area contributed by atoms with Crippen molar-refractivity contribution in [2.45, 2.75) is 26.3 Å². The summed E-state index contributed by atoms with van der Waals surface area (Å²) < 4.78 is 14.7. The number of nitrogens with two attached hydrogens (primary N) is 1. The first kappa shape index (κ1) is 14.2. The fourth-order valence-electron chi connectivity index (χ4n) is 2.21. The zero-order valence-corrected chi connectivity index (χ0v) is 12.7. The quantitative estimate of drug-likeness (QED) is 0.888. The molecule has 1 unspecified atom stereocenters. The van der Waals surface area contributed by atoms with E-state index in [0.29, 0.717) is 12.0 Å². The normalized spacial score (nSPS) is 12.5. The van der Waals surface area contributed by atoms with Gasteiger partial charge in [-0.3, -0.25) is 0 Å². The molecule has 2 rings (SSSR count). The first-order valence-electron chi connectivity index (χ1n) is 6.24. The van der Waals surface area contributed by atoms with E-state index in [1.807, 2.05) is 19.9 Å². The van der Waals surface area contributed by atoms with Crippen LogP contribution in [0.25, 0.3) is 0 Å². The van der Waals surface area contributed by atoms with E-state index in [2.05, 4.69) is 28.1 Å². The summed E-state index contributed by atoms with van der Waals surface area (Å²) in [5, 5.41) is 0. The van der Waals surface area contributed by atoms with Crippen LogP contribution in [0.1, 0.15) is 28.3 Å². The zero-order chi connectivity index (χ0) is 14.0. The molecule has 3 heteroatoms. The van der Waals surface area contributed by atoms with E-state index >= 15 is 0 Å². The topological polar surface area (TPSA) is 26.0 Å². The van der Waals surface area contributed by atoms with Gasteiger partial charge in [-0.05, 0) is 54.7 Å². The van der Waals surface area contributed by atoms with Crippen molar-refractivity contribution in [3.8, 4) is 0 Å². The minimum atomic E-state index is -0.191. The fourth-order valence-corrected chi connectivity index (χ4v) is 2.67. The van der Waals surface area contributed by atoms with E-state index in [1.165, 1.54) is 6.07 Å². The average Bonchev–Trinajstić information content (AvgIpc) is 2.36. The van der Waals surface area contributed by atoms with Gasteiger partial charge in [0.2, 0.25) is 0 Å². The third kappa shape index (κ3) is 3.23. The van der Waals surface area contributed by atoms with Crippen LogP contribution in [0, 0.1) is 19.7 Å². The zero-order valence-electron chi connectivity index (χ0n) is 11.1. The largest absolute Gasteiger partial charge is 0.324 e. The van der Waals surface area contributed by atoms with Gasteiger partial charge < -0.3 is 5.73 Å². The van der Waals surface area contributed by atoms with Gasteiger partial charge in [-0.25, -0.2) is 4.39 Å². The van der Waals surface area contributed by atoms with E-state index in [-0.39, 0.29) is 11.9 Å². The van der Waals surface area contributed by atoms with Gasteiger partial charge in [0.25, 0.3) is 0 Å². The molecule has 0 fully saturated rings. The van der Waals surface area contributed by atoms with E-state index in [9.17, 15) is 4.39 Å². The molecule has 0 amide bonds. The Morgan fingerprint density at radius 3 is 2.53 bits per heavy atom. The molecule has 0 saturated carbocycles. The summed E-state index contributed by atoms with van der Waals surface area (Å²) in [7, 11) is 0. The predicted molar refractivity (Wildman–Crippen MR) is 80.6 cm³/mol. The summed E-state index contributed by atoms with van der Waals surface area (Å²) >= 11 is 3.51. The summed E-state index contributed by atoms with van der Waals surface area (Å²) in [6.07, 6.45) is 0.509. The molecule has 1 atom stereocenters. The number of halogens is 2. The Bertz CT molecular complexity index is 595. The maximum atomic E-state index is 13.6. The Balaban J connectivity index is 2.28. The van der Waals surface area contributed by atoms with Gasteiger partial charge in [0, 0.05) is 10.5 Å². The summed E-state index contributed by atoms with van der Waals surface area (Å²) in [6, 6.07) is 10.7. The highest BCUT2D eigenvalue weighted by Gasteiger charge is 2.13. The number of benzene rings is 2. The smallest absolute Gasteiger partial charge is 0.126 e. The molecule has 2 aromatic carbocycles. The molecule has 0 bridgehead atoms. The minimum absolute atomic E-state index is 0.190. The van der Waals surface area contributed by atoms with Crippen LogP contribution in [-0.4, -0.2) is 0 Å². The lowest BCUT2D eigenvalue weighted by atomic mass is 9.94. The van der Waals surface area contributed by atoms with E-state index < -0.39 is 0 Å². The molecule has 0 aliphatic carbocycles. The Morgan fingerprint density at radius 2 is 1.84 bits per heavy atom. The Hall–Kier alpha value is -1.19. The lowest BCUT2D eigenvalue weighted by Crippen LogP contribution is -2.15. The summed E-state index contributed by atoms with van der Waals surface area (Å²) in [4.78, 5) is 0. The second kappa shape index (κ2) is 5.85. The van der Waals surface area contributed by atoms with Crippen LogP contribution in [0.2, 0.25) is 0 Å². The number of aryl methyl sites for hydroxylation is 2. The number of hydrogen-bond donors (Lipinski definition) is 1. The molecule has 0 aliphatic rings. The SMILES string of the molecule is Cc1cc(C(N)Cc2ccccc2F)c(C)cc1Br. The van der Waals surface area contributed by atoms with Gasteiger partial charge in [-0.1, -0.05) is 40.2 Å². The van der Waals surface area contributed by atoms with Crippen molar-refractivity contribution in [3.05, 3.63) is 68.9 Å². The van der Waals surface area contributed by atoms with Crippen molar-refractivity contribution in [2.75, 3.05) is 0 Å². The molecule has 0 aromatic heterocycles. The van der Waals surface area contributed by atoms with Crippen LogP contribution in [0.15, 0.2) is 40.9 Å². The van der Waals surface area contributed by atoms with Crippen LogP contribution in [-0.2, 0) is 6.42 Å². The van der Waals surface area contributed by atoms with Crippen molar-refractivity contribution in [1.82, 2.24) is 0 Å². The first-order valence-corrected chi connectivity index (χ1v) is 7.04. The molecule has 1 nitrogen and oxygen atoms in total. The second-order valence-corrected chi connectivity index (χ2v) is 5.71. The lowest BCUT2D eigenvalue weighted by Gasteiger charge is -2.17. The van der Waals surface area contributed by atoms with E-state index in [0.717, 1.165) is 21.2 Å². The number of hydrogen-bond acceptors (Lipinski definition) is 1. The van der Waals surface area contributed by atoms with Crippen LogP contribution >= 0.6 is 15.9 Å². The van der Waals surface area contributed by atoms with Crippen LogP contribution < -0.4 is 5.73 Å². The van der Waals surface area contributed by atoms with Gasteiger partial charge in [0.05, 0.1) is 0 Å². The van der Waals surface area contributed by atoms with Crippen LogP contribution in [0.4, 0.5) is 4.39 Å². The van der Waals surface area contributed by atoms with Gasteiger partial charge >= 0.3 is 0 Å². The molecule has 0 heterocycles. The standard InChI is InChI=1S/C16H17BrFN/c1-10-8-14(17)11(2)7-13(10)16(19)9-12-5-3-4-6-15(12)18/h3-8,16H,9,19H2,1-2H3. The summed E-state index contributed by atoms with van der Waals surface area (Å²) in [6.45, 7) is 4.06. The fraction of sp³-hybridized carbons (Fsp3) is 0.250. The molecular weight excluding hydrogens is 305 g/mol. The van der Waals surface area contributed by atoms with Gasteiger partial charge in [-0.2, -0.15) is 0 Å². The molecule has 100 valence electrons. The van der Waals surface area contributed by atoms with Gasteiger partial charge in [0.15, 0.2) is 0 Å². The Labute approximate surface area is 121 Å². The molecule has 19 heavy (non-hydrogen) atoms. The maximum Gasteiger partial charge on any atom is 0.126 e. The van der Waals surface area contributed by atoms with Crippen molar-refractivity contribution in [2.24, 2.45) is 5.73 Å². The van der Waals surface area contributed by atoms with E-state index in [4.69, 9.17) is 5.73 Å². The molecular formula is C16H17BrFN. The summed E-state index contributed by atoms with van der Waals surface area (Å²) in [5.74, 6) is -0.190. The monoisotopic (exact) mass is 321 g/mol. The van der Waals surface area contributed by atoms with Gasteiger partial charge in [0.1, 0.15) is 5.82 Å². The predicted octanol–water partition coefficient (Wildman–Crippen LogP) is 4.45. The van der Waals surface area contributed by atoms with Crippen molar-refractivity contribution >= 4 is 15.9 Å². The van der Waals surface area contributed by atoms with Crippen molar-refractivity contribution < 1.29 is 4.39 Å².